The van der Waals surface area contributed by atoms with Gasteiger partial charge in [-0.2, -0.15) is 8.42 Å². The van der Waals surface area contributed by atoms with Crippen LogP contribution in [0.4, 0.5) is 0 Å². The van der Waals surface area contributed by atoms with Crippen molar-refractivity contribution in [3.8, 4) is 0 Å². The summed E-state index contributed by atoms with van der Waals surface area (Å²) in [4.78, 5) is 12.2. The van der Waals surface area contributed by atoms with Gasteiger partial charge in [-0.25, -0.2) is 0 Å². The molecule has 0 amide bonds. The van der Waals surface area contributed by atoms with Crippen molar-refractivity contribution < 1.29 is 13.2 Å². The van der Waals surface area contributed by atoms with E-state index in [1.807, 2.05) is 13.0 Å². The maximum absolute atomic E-state index is 12.3. The SMILES string of the molecule is Cc1ccc(S(=O)(=O)/N=S(C)/C=C\C2=CC(C)(C)CCC2=O)cc1. The van der Waals surface area contributed by atoms with E-state index in [1.54, 1.807) is 42.0 Å². The van der Waals surface area contributed by atoms with Gasteiger partial charge < -0.3 is 0 Å². The van der Waals surface area contributed by atoms with Crippen LogP contribution in [0.25, 0.3) is 0 Å². The van der Waals surface area contributed by atoms with E-state index in [0.717, 1.165) is 12.0 Å². The number of aryl methyl sites for hydroxylation is 1. The Balaban J connectivity index is 2.23. The molecule has 0 heterocycles. The number of sulfonamides is 1. The summed E-state index contributed by atoms with van der Waals surface area (Å²) in [6.45, 7) is 6.08. The van der Waals surface area contributed by atoms with Gasteiger partial charge in [-0.1, -0.05) is 48.3 Å². The van der Waals surface area contributed by atoms with E-state index in [-0.39, 0.29) is 16.1 Å². The van der Waals surface area contributed by atoms with E-state index in [9.17, 15) is 13.2 Å². The Morgan fingerprint density at radius 2 is 1.83 bits per heavy atom. The molecule has 1 aromatic carbocycles. The molecule has 6 heteroatoms. The van der Waals surface area contributed by atoms with Gasteiger partial charge in [0.2, 0.25) is 0 Å². The topological polar surface area (TPSA) is 63.6 Å². The predicted octanol–water partition coefficient (Wildman–Crippen LogP) is 3.94. The van der Waals surface area contributed by atoms with Crippen LogP contribution in [0, 0.1) is 12.3 Å². The van der Waals surface area contributed by atoms with Crippen molar-refractivity contribution in [2.75, 3.05) is 6.26 Å². The van der Waals surface area contributed by atoms with Gasteiger partial charge in [0.25, 0.3) is 10.0 Å². The lowest BCUT2D eigenvalue weighted by molar-refractivity contribution is -0.116. The van der Waals surface area contributed by atoms with E-state index >= 15 is 0 Å². The number of hydrogen-bond donors (Lipinski definition) is 0. The van der Waals surface area contributed by atoms with Crippen LogP contribution in [0.5, 0.6) is 0 Å². The molecule has 0 aromatic heterocycles. The Hall–Kier alpha value is -1.53. The fraction of sp³-hybridized carbons (Fsp3) is 0.389. The standard InChI is InChI=1S/C18H23NO3S2/c1-14-5-7-16(8-6-14)24(21,22)19-23(4)12-10-15-13-18(2,3)11-9-17(15)20/h5-8,10,12-13H,9,11H2,1-4H3/b12-10-. The summed E-state index contributed by atoms with van der Waals surface area (Å²) in [5.41, 5.74) is 1.63. The number of rotatable bonds is 4. The van der Waals surface area contributed by atoms with Gasteiger partial charge in [0.05, 0.1) is 4.90 Å². The zero-order valence-electron chi connectivity index (χ0n) is 14.4. The summed E-state index contributed by atoms with van der Waals surface area (Å²) < 4.78 is 28.5. The minimum absolute atomic E-state index is 0.00888. The molecular formula is C18H23NO3S2. The van der Waals surface area contributed by atoms with Crippen LogP contribution in [0.15, 0.2) is 56.1 Å². The van der Waals surface area contributed by atoms with Gasteiger partial charge in [0.15, 0.2) is 5.78 Å². The van der Waals surface area contributed by atoms with Crippen molar-refractivity contribution >= 4 is 26.5 Å². The summed E-state index contributed by atoms with van der Waals surface area (Å²) in [5.74, 6) is 0.101. The van der Waals surface area contributed by atoms with E-state index < -0.39 is 20.7 Å². The van der Waals surface area contributed by atoms with Gasteiger partial charge >= 0.3 is 0 Å². The Morgan fingerprint density at radius 3 is 2.46 bits per heavy atom. The number of ketones is 1. The first kappa shape index (κ1) is 18.8. The van der Waals surface area contributed by atoms with Crippen molar-refractivity contribution in [3.63, 3.8) is 0 Å². The lowest BCUT2D eigenvalue weighted by atomic mass is 9.79. The molecule has 24 heavy (non-hydrogen) atoms. The molecule has 0 aliphatic heterocycles. The first-order chi connectivity index (χ1) is 11.1. The lowest BCUT2D eigenvalue weighted by Gasteiger charge is -2.25. The molecular weight excluding hydrogens is 342 g/mol. The minimum atomic E-state index is -3.68. The zero-order chi connectivity index (χ0) is 18.0. The Labute approximate surface area is 146 Å². The van der Waals surface area contributed by atoms with Crippen LogP contribution < -0.4 is 0 Å². The number of carbonyl (C=O) groups is 1. The molecule has 0 bridgehead atoms. The van der Waals surface area contributed by atoms with Crippen LogP contribution in [0.3, 0.4) is 0 Å². The van der Waals surface area contributed by atoms with Gasteiger partial charge in [0.1, 0.15) is 0 Å². The van der Waals surface area contributed by atoms with Crippen molar-refractivity contribution in [3.05, 3.63) is 53.0 Å². The second kappa shape index (κ2) is 7.15. The monoisotopic (exact) mass is 365 g/mol. The maximum atomic E-state index is 12.3. The fourth-order valence-electron chi connectivity index (χ4n) is 2.40. The Bertz CT molecular complexity index is 830. The normalized spacial score (nSPS) is 19.5. The molecule has 0 radical (unpaired) electrons. The maximum Gasteiger partial charge on any atom is 0.288 e. The average Bonchev–Trinajstić information content (AvgIpc) is 2.48. The van der Waals surface area contributed by atoms with E-state index in [0.29, 0.717) is 12.0 Å². The van der Waals surface area contributed by atoms with Gasteiger partial charge in [-0.15, -0.1) is 3.77 Å². The highest BCUT2D eigenvalue weighted by molar-refractivity contribution is 8.01. The Morgan fingerprint density at radius 1 is 1.21 bits per heavy atom. The second-order valence-corrected chi connectivity index (χ2v) is 10.0. The molecule has 4 nitrogen and oxygen atoms in total. The van der Waals surface area contributed by atoms with Gasteiger partial charge in [-0.05, 0) is 48.6 Å². The molecule has 1 aliphatic rings. The number of carbonyl (C=O) groups excluding carboxylic acids is 1. The molecule has 1 aromatic rings. The molecule has 2 rings (SSSR count). The van der Waals surface area contributed by atoms with Gasteiger partial charge in [-0.3, -0.25) is 4.79 Å². The number of nitrogens with zero attached hydrogens (tertiary/aromatic N) is 1. The number of hydrogen-bond acceptors (Lipinski definition) is 3. The number of allylic oxidation sites excluding steroid dienone is 3. The Kier molecular flexibility index (Phi) is 5.60. The smallest absolute Gasteiger partial charge is 0.288 e. The fourth-order valence-corrected chi connectivity index (χ4v) is 5.00. The molecule has 0 fully saturated rings. The quantitative estimate of drug-likeness (QED) is 0.812. The van der Waals surface area contributed by atoms with Crippen molar-refractivity contribution in [1.29, 1.82) is 0 Å². The van der Waals surface area contributed by atoms with E-state index in [2.05, 4.69) is 17.6 Å². The largest absolute Gasteiger partial charge is 0.294 e. The summed E-state index contributed by atoms with van der Waals surface area (Å²) in [7, 11) is -4.51. The third-order valence-electron chi connectivity index (χ3n) is 3.84. The molecule has 0 saturated carbocycles. The average molecular weight is 366 g/mol. The zero-order valence-corrected chi connectivity index (χ0v) is 16.1. The van der Waals surface area contributed by atoms with Crippen LogP contribution in [0.2, 0.25) is 0 Å². The highest BCUT2D eigenvalue weighted by atomic mass is 32.3. The first-order valence-corrected chi connectivity index (χ1v) is 10.8. The summed E-state index contributed by atoms with van der Waals surface area (Å²) >= 11 is 0. The number of Topliss-reactive ketones (excluding diaryl/α,β-unsaturated/α-hetero) is 1. The third-order valence-corrected chi connectivity index (χ3v) is 6.97. The second-order valence-electron chi connectivity index (χ2n) is 6.70. The van der Waals surface area contributed by atoms with Crippen LogP contribution >= 0.6 is 0 Å². The van der Waals surface area contributed by atoms with Crippen LogP contribution in [0.1, 0.15) is 32.3 Å². The molecule has 1 atom stereocenters. The van der Waals surface area contributed by atoms with Crippen LogP contribution in [-0.4, -0.2) is 20.5 Å². The van der Waals surface area contributed by atoms with Crippen molar-refractivity contribution in [2.45, 2.75) is 38.5 Å². The van der Waals surface area contributed by atoms with E-state index in [1.165, 1.54) is 0 Å². The third kappa shape index (κ3) is 4.98. The molecule has 130 valence electrons. The number of benzene rings is 1. The molecule has 0 spiro atoms. The summed E-state index contributed by atoms with van der Waals surface area (Å²) in [6, 6.07) is 6.62. The molecule has 1 aliphatic carbocycles. The molecule has 0 saturated heterocycles. The summed E-state index contributed by atoms with van der Waals surface area (Å²) in [5, 5.41) is 1.69. The van der Waals surface area contributed by atoms with Gasteiger partial charge in [0, 0.05) is 12.0 Å². The summed E-state index contributed by atoms with van der Waals surface area (Å²) in [6.07, 6.45) is 6.76. The molecule has 1 unspecified atom stereocenters. The van der Waals surface area contributed by atoms with Crippen LogP contribution in [-0.2, 0) is 25.5 Å². The first-order valence-electron chi connectivity index (χ1n) is 7.73. The predicted molar refractivity (Wildman–Crippen MR) is 99.3 cm³/mol. The highest BCUT2D eigenvalue weighted by Gasteiger charge is 2.24. The van der Waals surface area contributed by atoms with Crippen molar-refractivity contribution in [2.24, 2.45) is 9.18 Å². The highest BCUT2D eigenvalue weighted by Crippen LogP contribution is 2.31. The minimum Gasteiger partial charge on any atom is -0.294 e. The van der Waals surface area contributed by atoms with Crippen molar-refractivity contribution in [1.82, 2.24) is 0 Å². The van der Waals surface area contributed by atoms with E-state index in [4.69, 9.17) is 0 Å². The molecule has 0 N–H and O–H groups in total. The lowest BCUT2D eigenvalue weighted by Crippen LogP contribution is -2.19.